The average molecular weight is 203 g/mol. The Morgan fingerprint density at radius 3 is 2.40 bits per heavy atom. The third-order valence-corrected chi connectivity index (χ3v) is 3.12. The summed E-state index contributed by atoms with van der Waals surface area (Å²) in [6, 6.07) is 10.7. The van der Waals surface area contributed by atoms with Gasteiger partial charge in [-0.15, -0.1) is 0 Å². The summed E-state index contributed by atoms with van der Waals surface area (Å²) in [6.07, 6.45) is 7.41. The van der Waals surface area contributed by atoms with E-state index in [1.807, 2.05) is 0 Å². The summed E-state index contributed by atoms with van der Waals surface area (Å²) in [4.78, 5) is 0. The van der Waals surface area contributed by atoms with Gasteiger partial charge in [-0.1, -0.05) is 57.5 Å². The van der Waals surface area contributed by atoms with E-state index in [0.29, 0.717) is 5.41 Å². The summed E-state index contributed by atoms with van der Waals surface area (Å²) in [7, 11) is 0. The fraction of sp³-hybridized carbons (Fsp3) is 0.533. The Kier molecular flexibility index (Phi) is 4.87. The van der Waals surface area contributed by atoms with Crippen LogP contribution in [0.4, 0.5) is 0 Å². The van der Waals surface area contributed by atoms with Gasteiger partial charge in [0.25, 0.3) is 0 Å². The molecule has 0 saturated carbocycles. The van der Waals surface area contributed by atoms with E-state index in [-0.39, 0.29) is 0 Å². The van der Waals surface area contributed by atoms with Crippen LogP contribution in [0, 0.1) is 11.8 Å². The van der Waals surface area contributed by atoms with Crippen molar-refractivity contribution in [3.05, 3.63) is 42.3 Å². The van der Waals surface area contributed by atoms with Crippen molar-refractivity contribution >= 4 is 0 Å². The largest absolute Gasteiger partial charge is 0.0649 e. The van der Waals surface area contributed by atoms with Crippen LogP contribution in [-0.2, 0) is 6.42 Å². The van der Waals surface area contributed by atoms with Gasteiger partial charge in [-0.25, -0.2) is 0 Å². The van der Waals surface area contributed by atoms with Crippen molar-refractivity contribution in [1.29, 1.82) is 0 Å². The van der Waals surface area contributed by atoms with Crippen LogP contribution in [-0.4, -0.2) is 0 Å². The fourth-order valence-electron chi connectivity index (χ4n) is 1.59. The minimum absolute atomic E-state index is 0.413. The van der Waals surface area contributed by atoms with Crippen molar-refractivity contribution in [2.24, 2.45) is 5.41 Å². The van der Waals surface area contributed by atoms with Gasteiger partial charge in [-0.2, -0.15) is 0 Å². The Balaban J connectivity index is 2.18. The van der Waals surface area contributed by atoms with E-state index in [0.717, 1.165) is 0 Å². The Bertz CT molecular complexity index is 259. The second-order valence-corrected chi connectivity index (χ2v) is 4.92. The van der Waals surface area contributed by atoms with Crippen molar-refractivity contribution in [3.63, 3.8) is 0 Å². The number of aryl methyl sites for hydroxylation is 1. The van der Waals surface area contributed by atoms with E-state index < -0.39 is 0 Å². The van der Waals surface area contributed by atoms with Crippen LogP contribution in [0.25, 0.3) is 0 Å². The van der Waals surface area contributed by atoms with Gasteiger partial charge in [-0.05, 0) is 36.7 Å². The van der Waals surface area contributed by atoms with Gasteiger partial charge < -0.3 is 0 Å². The molecule has 0 spiro atoms. The average Bonchev–Trinajstić information content (AvgIpc) is 2.26. The van der Waals surface area contributed by atoms with Gasteiger partial charge in [0.1, 0.15) is 0 Å². The zero-order valence-corrected chi connectivity index (χ0v) is 10.3. The maximum Gasteiger partial charge on any atom is -0.0279 e. The van der Waals surface area contributed by atoms with Crippen LogP contribution < -0.4 is 0 Å². The molecule has 0 N–H and O–H groups in total. The summed E-state index contributed by atoms with van der Waals surface area (Å²) in [6.45, 7) is 6.89. The van der Waals surface area contributed by atoms with Gasteiger partial charge in [0.15, 0.2) is 0 Å². The Hall–Kier alpha value is -0.780. The molecule has 0 heterocycles. The molecule has 1 radical (unpaired) electrons. The van der Waals surface area contributed by atoms with E-state index in [9.17, 15) is 0 Å². The van der Waals surface area contributed by atoms with Gasteiger partial charge in [-0.3, -0.25) is 0 Å². The van der Waals surface area contributed by atoms with E-state index in [4.69, 9.17) is 0 Å². The van der Waals surface area contributed by atoms with Crippen LogP contribution in [0.3, 0.4) is 0 Å². The van der Waals surface area contributed by atoms with E-state index >= 15 is 0 Å². The monoisotopic (exact) mass is 203 g/mol. The molecule has 15 heavy (non-hydrogen) atoms. The molecule has 1 aromatic rings. The first-order valence-corrected chi connectivity index (χ1v) is 6.02. The quantitative estimate of drug-likeness (QED) is 0.590. The molecule has 0 bridgehead atoms. The molecule has 0 unspecified atom stereocenters. The highest BCUT2D eigenvalue weighted by molar-refractivity contribution is 5.14. The summed E-state index contributed by atoms with van der Waals surface area (Å²) < 4.78 is 0. The first kappa shape index (κ1) is 12.3. The second kappa shape index (κ2) is 5.95. The van der Waals surface area contributed by atoms with Crippen LogP contribution in [0.2, 0.25) is 0 Å². The molecular formula is C15H23. The molecule has 1 aromatic carbocycles. The number of rotatable bonds is 6. The molecule has 0 aromatic heterocycles. The van der Waals surface area contributed by atoms with Gasteiger partial charge in [0, 0.05) is 0 Å². The first-order chi connectivity index (χ1) is 7.14. The highest BCUT2D eigenvalue weighted by Gasteiger charge is 2.13. The van der Waals surface area contributed by atoms with E-state index in [1.165, 1.54) is 31.2 Å². The molecule has 0 atom stereocenters. The Labute approximate surface area is 94.7 Å². The number of hydrogen-bond donors (Lipinski definition) is 0. The topological polar surface area (TPSA) is 0 Å². The molecule has 0 aliphatic rings. The Morgan fingerprint density at radius 2 is 1.80 bits per heavy atom. The lowest BCUT2D eigenvalue weighted by Crippen LogP contribution is -2.10. The molecule has 0 nitrogen and oxygen atoms in total. The Morgan fingerprint density at radius 1 is 1.13 bits per heavy atom. The number of unbranched alkanes of at least 4 members (excludes halogenated alkanes) is 1. The number of hydrogen-bond acceptors (Lipinski definition) is 0. The van der Waals surface area contributed by atoms with Gasteiger partial charge >= 0.3 is 0 Å². The molecule has 0 aliphatic carbocycles. The highest BCUT2D eigenvalue weighted by Crippen LogP contribution is 2.25. The SMILES string of the molecule is CCC(C)(C)[CH]CCCc1ccccc1. The molecule has 83 valence electrons. The van der Waals surface area contributed by atoms with E-state index in [1.54, 1.807) is 0 Å². The van der Waals surface area contributed by atoms with Crippen molar-refractivity contribution in [2.75, 3.05) is 0 Å². The number of benzene rings is 1. The lowest BCUT2D eigenvalue weighted by Gasteiger charge is -2.21. The summed E-state index contributed by atoms with van der Waals surface area (Å²) in [5, 5.41) is 0. The van der Waals surface area contributed by atoms with Crippen LogP contribution in [0.1, 0.15) is 45.6 Å². The fourth-order valence-corrected chi connectivity index (χ4v) is 1.59. The van der Waals surface area contributed by atoms with Gasteiger partial charge in [0.2, 0.25) is 0 Å². The third kappa shape index (κ3) is 5.01. The molecule has 0 amide bonds. The molecule has 0 saturated heterocycles. The molecule has 0 aliphatic heterocycles. The molecule has 1 rings (SSSR count). The van der Waals surface area contributed by atoms with Crippen molar-refractivity contribution in [1.82, 2.24) is 0 Å². The van der Waals surface area contributed by atoms with Crippen LogP contribution in [0.15, 0.2) is 30.3 Å². The van der Waals surface area contributed by atoms with Crippen LogP contribution >= 0.6 is 0 Å². The summed E-state index contributed by atoms with van der Waals surface area (Å²) in [5.74, 6) is 0. The first-order valence-electron chi connectivity index (χ1n) is 6.02. The maximum absolute atomic E-state index is 2.47. The zero-order valence-electron chi connectivity index (χ0n) is 10.3. The smallest absolute Gasteiger partial charge is 0.0279 e. The lowest BCUT2D eigenvalue weighted by atomic mass is 9.84. The minimum Gasteiger partial charge on any atom is -0.0649 e. The molecule has 0 heteroatoms. The second-order valence-electron chi connectivity index (χ2n) is 4.92. The van der Waals surface area contributed by atoms with Gasteiger partial charge in [0.05, 0.1) is 0 Å². The van der Waals surface area contributed by atoms with Crippen molar-refractivity contribution in [3.8, 4) is 0 Å². The zero-order chi connectivity index (χ0) is 11.1. The van der Waals surface area contributed by atoms with E-state index in [2.05, 4.69) is 57.5 Å². The van der Waals surface area contributed by atoms with Crippen molar-refractivity contribution in [2.45, 2.75) is 46.5 Å². The minimum atomic E-state index is 0.413. The molecule has 0 fully saturated rings. The normalized spacial score (nSPS) is 11.7. The lowest BCUT2D eigenvalue weighted by molar-refractivity contribution is 0.402. The van der Waals surface area contributed by atoms with Crippen LogP contribution in [0.5, 0.6) is 0 Å². The standard InChI is InChI=1S/C15H23/c1-4-15(2,3)13-9-8-12-14-10-6-5-7-11-14/h5-7,10-11,13H,4,8-9,12H2,1-3H3. The maximum atomic E-state index is 2.47. The highest BCUT2D eigenvalue weighted by atomic mass is 14.2. The molecular weight excluding hydrogens is 180 g/mol. The third-order valence-electron chi connectivity index (χ3n) is 3.12. The summed E-state index contributed by atoms with van der Waals surface area (Å²) in [5.41, 5.74) is 1.87. The predicted octanol–water partition coefficient (Wildman–Crippen LogP) is 4.65. The van der Waals surface area contributed by atoms with Crippen molar-refractivity contribution < 1.29 is 0 Å². The summed E-state index contributed by atoms with van der Waals surface area (Å²) >= 11 is 0. The predicted molar refractivity (Wildman–Crippen MR) is 67.8 cm³/mol.